The first kappa shape index (κ1) is 17.1. The molecule has 6 nitrogen and oxygen atoms in total. The number of aldehydes is 1. The second-order valence-corrected chi connectivity index (χ2v) is 5.38. The molecular weight excluding hydrogens is 276 g/mol. The van der Waals surface area contributed by atoms with Gasteiger partial charge in [-0.1, -0.05) is 18.6 Å². The van der Waals surface area contributed by atoms with E-state index in [1.807, 2.05) is 13.0 Å². The fourth-order valence-electron chi connectivity index (χ4n) is 2.94. The van der Waals surface area contributed by atoms with Crippen LogP contribution in [0.3, 0.4) is 0 Å². The highest BCUT2D eigenvalue weighted by Gasteiger charge is 2.36. The zero-order chi connectivity index (χ0) is 16.0. The molecule has 0 radical (unpaired) electrons. The quantitative estimate of drug-likeness (QED) is 0.317. The van der Waals surface area contributed by atoms with Gasteiger partial charge in [-0.2, -0.15) is 0 Å². The minimum Gasteiger partial charge on any atom is -0.469 e. The van der Waals surface area contributed by atoms with Crippen LogP contribution in [0.2, 0.25) is 0 Å². The molecule has 21 heavy (non-hydrogen) atoms. The van der Waals surface area contributed by atoms with Gasteiger partial charge in [-0.05, 0) is 25.2 Å². The number of hydrogen-bond donors (Lipinski definition) is 0. The lowest BCUT2D eigenvalue weighted by Crippen LogP contribution is -2.33. The third-order valence-corrected chi connectivity index (χ3v) is 3.95. The van der Waals surface area contributed by atoms with E-state index >= 15 is 0 Å². The molecule has 0 aromatic carbocycles. The molecule has 4 unspecified atom stereocenters. The van der Waals surface area contributed by atoms with Crippen molar-refractivity contribution in [3.8, 4) is 0 Å². The van der Waals surface area contributed by atoms with E-state index in [4.69, 9.17) is 0 Å². The second-order valence-electron chi connectivity index (χ2n) is 5.38. The predicted molar refractivity (Wildman–Crippen MR) is 72.9 cm³/mol. The van der Waals surface area contributed by atoms with E-state index in [0.717, 1.165) is 11.9 Å². The maximum atomic E-state index is 11.8. The van der Waals surface area contributed by atoms with Crippen molar-refractivity contribution in [1.29, 1.82) is 0 Å². The number of methoxy groups -OCH3 is 1. The highest BCUT2D eigenvalue weighted by atomic mass is 16.6. The maximum absolute atomic E-state index is 11.8. The molecule has 1 aliphatic rings. The van der Waals surface area contributed by atoms with Crippen molar-refractivity contribution in [2.75, 3.05) is 7.11 Å². The SMILES string of the molecule is COC(=O)CC(C=O)C1C=C(C)C(C(=O)OC=O)C(C)C1. The van der Waals surface area contributed by atoms with Crippen LogP contribution in [-0.2, 0) is 28.7 Å². The van der Waals surface area contributed by atoms with Gasteiger partial charge in [-0.15, -0.1) is 0 Å². The standard InChI is InChI=1S/C15H20O6/c1-9-4-11(12(7-16)6-13(18)20-3)5-10(2)14(9)15(19)21-8-17/h4,7-8,10-12,14H,5-6H2,1-3H3. The Morgan fingerprint density at radius 1 is 1.43 bits per heavy atom. The zero-order valence-corrected chi connectivity index (χ0v) is 12.4. The van der Waals surface area contributed by atoms with Gasteiger partial charge >= 0.3 is 18.4 Å². The normalized spacial score (nSPS) is 26.2. The summed E-state index contributed by atoms with van der Waals surface area (Å²) in [5.74, 6) is -2.19. The van der Waals surface area contributed by atoms with Gasteiger partial charge in [0.25, 0.3) is 0 Å². The number of hydrogen-bond acceptors (Lipinski definition) is 6. The number of ether oxygens (including phenoxy) is 2. The molecule has 0 heterocycles. The molecule has 0 fully saturated rings. The van der Waals surface area contributed by atoms with Crippen molar-refractivity contribution >= 4 is 24.7 Å². The van der Waals surface area contributed by atoms with E-state index in [1.165, 1.54) is 7.11 Å². The average Bonchev–Trinajstić information content (AvgIpc) is 2.43. The fraction of sp³-hybridized carbons (Fsp3) is 0.600. The Kier molecular flexibility index (Phi) is 6.27. The van der Waals surface area contributed by atoms with Gasteiger partial charge in [-0.25, -0.2) is 0 Å². The minimum absolute atomic E-state index is 0.0185. The number of carbonyl (C=O) groups is 4. The van der Waals surface area contributed by atoms with Crippen LogP contribution in [0.4, 0.5) is 0 Å². The van der Waals surface area contributed by atoms with Crippen molar-refractivity contribution in [3.05, 3.63) is 11.6 Å². The Bertz CT molecular complexity index is 453. The highest BCUT2D eigenvalue weighted by molar-refractivity contribution is 5.81. The summed E-state index contributed by atoms with van der Waals surface area (Å²) in [5.41, 5.74) is 0.752. The molecule has 0 N–H and O–H groups in total. The van der Waals surface area contributed by atoms with Crippen molar-refractivity contribution in [1.82, 2.24) is 0 Å². The third kappa shape index (κ3) is 4.24. The summed E-state index contributed by atoms with van der Waals surface area (Å²) in [5, 5.41) is 0. The molecule has 0 saturated carbocycles. The average molecular weight is 296 g/mol. The Labute approximate surface area is 123 Å². The molecule has 0 spiro atoms. The topological polar surface area (TPSA) is 86.7 Å². The van der Waals surface area contributed by atoms with Gasteiger partial charge < -0.3 is 14.3 Å². The van der Waals surface area contributed by atoms with Crippen molar-refractivity contribution in [3.63, 3.8) is 0 Å². The lowest BCUT2D eigenvalue weighted by Gasteiger charge is -2.33. The number of esters is 2. The number of allylic oxidation sites excluding steroid dienone is 1. The van der Waals surface area contributed by atoms with E-state index in [1.54, 1.807) is 6.92 Å². The van der Waals surface area contributed by atoms with Gasteiger partial charge in [0.05, 0.1) is 19.4 Å². The van der Waals surface area contributed by atoms with Crippen LogP contribution in [0.15, 0.2) is 11.6 Å². The first-order valence-corrected chi connectivity index (χ1v) is 6.79. The van der Waals surface area contributed by atoms with Gasteiger partial charge in [-0.3, -0.25) is 14.4 Å². The van der Waals surface area contributed by atoms with Crippen LogP contribution in [-0.4, -0.2) is 31.8 Å². The second kappa shape index (κ2) is 7.71. The molecular formula is C15H20O6. The first-order valence-electron chi connectivity index (χ1n) is 6.79. The summed E-state index contributed by atoms with van der Waals surface area (Å²) in [7, 11) is 1.28. The van der Waals surface area contributed by atoms with Gasteiger partial charge in [0.1, 0.15) is 6.29 Å². The fourth-order valence-corrected chi connectivity index (χ4v) is 2.94. The molecule has 1 aliphatic carbocycles. The molecule has 1 rings (SSSR count). The van der Waals surface area contributed by atoms with Crippen LogP contribution < -0.4 is 0 Å². The predicted octanol–water partition coefficient (Wildman–Crippen LogP) is 1.28. The van der Waals surface area contributed by atoms with E-state index < -0.39 is 23.8 Å². The largest absolute Gasteiger partial charge is 0.469 e. The molecule has 0 aliphatic heterocycles. The molecule has 6 heteroatoms. The summed E-state index contributed by atoms with van der Waals surface area (Å²) in [6, 6.07) is 0. The molecule has 0 saturated heterocycles. The molecule has 4 atom stereocenters. The zero-order valence-electron chi connectivity index (χ0n) is 12.4. The maximum Gasteiger partial charge on any atom is 0.320 e. The highest BCUT2D eigenvalue weighted by Crippen LogP contribution is 2.37. The number of carbonyl (C=O) groups excluding carboxylic acids is 4. The molecule has 0 aromatic rings. The first-order chi connectivity index (χ1) is 9.94. The molecule has 116 valence electrons. The Morgan fingerprint density at radius 2 is 2.10 bits per heavy atom. The monoisotopic (exact) mass is 296 g/mol. The van der Waals surface area contributed by atoms with Crippen molar-refractivity contribution in [2.45, 2.75) is 26.7 Å². The summed E-state index contributed by atoms with van der Waals surface area (Å²) >= 11 is 0. The van der Waals surface area contributed by atoms with Gasteiger partial charge in [0.2, 0.25) is 0 Å². The Morgan fingerprint density at radius 3 is 2.57 bits per heavy atom. The third-order valence-electron chi connectivity index (χ3n) is 3.95. The van der Waals surface area contributed by atoms with Crippen molar-refractivity contribution < 1.29 is 28.7 Å². The molecule has 0 bridgehead atoms. The van der Waals surface area contributed by atoms with Crippen LogP contribution in [0.25, 0.3) is 0 Å². The smallest absolute Gasteiger partial charge is 0.320 e. The lowest BCUT2D eigenvalue weighted by atomic mass is 9.71. The molecule has 0 amide bonds. The van der Waals surface area contributed by atoms with Crippen molar-refractivity contribution in [2.24, 2.45) is 23.7 Å². The van der Waals surface area contributed by atoms with E-state index in [9.17, 15) is 19.2 Å². The lowest BCUT2D eigenvalue weighted by molar-refractivity contribution is -0.155. The van der Waals surface area contributed by atoms with Crippen LogP contribution in [0.1, 0.15) is 26.7 Å². The summed E-state index contributed by atoms with van der Waals surface area (Å²) < 4.78 is 9.01. The Hall–Kier alpha value is -1.98. The summed E-state index contributed by atoms with van der Waals surface area (Å²) in [4.78, 5) is 44.6. The van der Waals surface area contributed by atoms with E-state index in [2.05, 4.69) is 9.47 Å². The summed E-state index contributed by atoms with van der Waals surface area (Å²) in [6.45, 7) is 3.75. The summed E-state index contributed by atoms with van der Waals surface area (Å²) in [6.07, 6.45) is 3.15. The van der Waals surface area contributed by atoms with E-state index in [-0.39, 0.29) is 24.7 Å². The van der Waals surface area contributed by atoms with Crippen LogP contribution >= 0.6 is 0 Å². The van der Waals surface area contributed by atoms with E-state index in [0.29, 0.717) is 6.42 Å². The molecule has 0 aromatic heterocycles. The number of rotatable bonds is 6. The van der Waals surface area contributed by atoms with Crippen LogP contribution in [0.5, 0.6) is 0 Å². The van der Waals surface area contributed by atoms with Gasteiger partial charge in [0.15, 0.2) is 0 Å². The van der Waals surface area contributed by atoms with Crippen LogP contribution in [0, 0.1) is 23.7 Å². The Balaban J connectivity index is 2.89. The minimum atomic E-state index is -0.583. The van der Waals surface area contributed by atoms with Gasteiger partial charge in [0, 0.05) is 5.92 Å².